The molecule has 0 radical (unpaired) electrons. The molecule has 0 aliphatic heterocycles. The molecule has 0 spiro atoms. The molecule has 5 nitrogen and oxygen atoms in total. The highest BCUT2D eigenvalue weighted by Gasteiger charge is 2.21. The quantitative estimate of drug-likeness (QED) is 0.186. The standard InChI is InChI=1S/C45H27N3O2S/c1-2-10-26(11-3-1)43-46-44(28-21-23-40-33(25-28)30-12-5-7-19-39(30)51-40)48-45(47-43)32-15-9-18-38-42(32)34-24-27(20-22-36(34)50-38)29-14-8-17-37-41(29)31-13-4-6-16-35(31)49-37/h1-5,7-15,17-25H,6,16H2. The van der Waals surface area contributed by atoms with Crippen molar-refractivity contribution in [3.05, 3.63) is 145 Å². The Balaban J connectivity index is 1.13. The van der Waals surface area contributed by atoms with E-state index in [9.17, 15) is 0 Å². The third kappa shape index (κ3) is 4.50. The molecule has 6 aromatic carbocycles. The number of hydrogen-bond donors (Lipinski definition) is 0. The predicted octanol–water partition coefficient (Wildman–Crippen LogP) is 12.5. The Morgan fingerprint density at radius 1 is 0.490 bits per heavy atom. The average Bonchev–Trinajstić information content (AvgIpc) is 3.88. The van der Waals surface area contributed by atoms with Gasteiger partial charge < -0.3 is 8.83 Å². The van der Waals surface area contributed by atoms with Crippen molar-refractivity contribution < 1.29 is 8.83 Å². The Morgan fingerprint density at radius 3 is 2.12 bits per heavy atom. The lowest BCUT2D eigenvalue weighted by Crippen LogP contribution is -2.00. The number of aryl methyl sites for hydroxylation is 1. The number of thiophene rings is 1. The molecule has 1 aliphatic carbocycles. The fraction of sp³-hybridized carbons (Fsp3) is 0.0444. The molecule has 4 aromatic heterocycles. The van der Waals surface area contributed by atoms with Gasteiger partial charge in [-0.3, -0.25) is 0 Å². The molecule has 0 saturated heterocycles. The van der Waals surface area contributed by atoms with Crippen molar-refractivity contribution in [2.75, 3.05) is 0 Å². The Bertz CT molecular complexity index is 3040. The molecule has 240 valence electrons. The summed E-state index contributed by atoms with van der Waals surface area (Å²) in [7, 11) is 0. The van der Waals surface area contributed by atoms with Crippen molar-refractivity contribution in [2.45, 2.75) is 12.8 Å². The van der Waals surface area contributed by atoms with E-state index in [1.54, 1.807) is 11.3 Å². The molecular weight excluding hydrogens is 647 g/mol. The van der Waals surface area contributed by atoms with Crippen molar-refractivity contribution in [3.8, 4) is 45.3 Å². The Hall–Kier alpha value is -6.37. The van der Waals surface area contributed by atoms with Crippen molar-refractivity contribution in [1.29, 1.82) is 0 Å². The lowest BCUT2D eigenvalue weighted by molar-refractivity contribution is 0.546. The van der Waals surface area contributed by atoms with Gasteiger partial charge in [-0.15, -0.1) is 11.3 Å². The highest BCUT2D eigenvalue weighted by Crippen LogP contribution is 2.42. The smallest absolute Gasteiger partial charge is 0.164 e. The third-order valence-corrected chi connectivity index (χ3v) is 11.2. The summed E-state index contributed by atoms with van der Waals surface area (Å²) < 4.78 is 15.3. The first-order valence-corrected chi connectivity index (χ1v) is 18.0. The van der Waals surface area contributed by atoms with Gasteiger partial charge in [0, 0.05) is 65.0 Å². The van der Waals surface area contributed by atoms with E-state index in [1.165, 1.54) is 25.7 Å². The maximum atomic E-state index is 6.48. The molecule has 11 rings (SSSR count). The molecule has 10 aromatic rings. The highest BCUT2D eigenvalue weighted by molar-refractivity contribution is 7.25. The van der Waals surface area contributed by atoms with Gasteiger partial charge >= 0.3 is 0 Å². The van der Waals surface area contributed by atoms with Crippen LogP contribution in [0.15, 0.2) is 142 Å². The highest BCUT2D eigenvalue weighted by atomic mass is 32.1. The number of hydrogen-bond acceptors (Lipinski definition) is 6. The Morgan fingerprint density at radius 2 is 1.22 bits per heavy atom. The third-order valence-electron chi connectivity index (χ3n) is 10.0. The second-order valence-electron chi connectivity index (χ2n) is 13.0. The zero-order valence-electron chi connectivity index (χ0n) is 27.3. The summed E-state index contributed by atoms with van der Waals surface area (Å²) in [4.78, 5) is 15.4. The molecule has 0 saturated carbocycles. The lowest BCUT2D eigenvalue weighted by Gasteiger charge is -2.10. The van der Waals surface area contributed by atoms with E-state index in [0.717, 1.165) is 79.3 Å². The van der Waals surface area contributed by atoms with Gasteiger partial charge in [-0.05, 0) is 66.1 Å². The molecule has 0 N–H and O–H groups in total. The van der Waals surface area contributed by atoms with Crippen LogP contribution in [0.1, 0.15) is 17.7 Å². The van der Waals surface area contributed by atoms with Gasteiger partial charge in [0.2, 0.25) is 0 Å². The number of allylic oxidation sites excluding steroid dienone is 1. The van der Waals surface area contributed by atoms with Crippen LogP contribution in [-0.2, 0) is 6.42 Å². The van der Waals surface area contributed by atoms with Crippen LogP contribution >= 0.6 is 11.3 Å². The SMILES string of the molecule is C1=Cc2c(oc3cccc(-c4ccc5oc6cccc(-c7nc(-c8ccccc8)nc(-c8ccc9sc%10ccccc%10c9c8)n7)c6c5c4)c23)CC1. The molecule has 1 aliphatic rings. The predicted molar refractivity (Wildman–Crippen MR) is 209 cm³/mol. The Kier molecular flexibility index (Phi) is 6.18. The summed E-state index contributed by atoms with van der Waals surface area (Å²) in [6.45, 7) is 0. The van der Waals surface area contributed by atoms with Gasteiger partial charge in [0.15, 0.2) is 17.5 Å². The first-order chi connectivity index (χ1) is 25.2. The Labute approximate surface area is 296 Å². The molecule has 51 heavy (non-hydrogen) atoms. The fourth-order valence-corrected chi connectivity index (χ4v) is 8.71. The van der Waals surface area contributed by atoms with Crippen LogP contribution in [0.25, 0.3) is 104 Å². The van der Waals surface area contributed by atoms with E-state index in [0.29, 0.717) is 17.5 Å². The molecule has 6 heteroatoms. The van der Waals surface area contributed by atoms with Gasteiger partial charge in [-0.2, -0.15) is 0 Å². The molecule has 0 amide bonds. The monoisotopic (exact) mass is 673 g/mol. The van der Waals surface area contributed by atoms with Crippen LogP contribution in [0.3, 0.4) is 0 Å². The minimum absolute atomic E-state index is 0.601. The first-order valence-electron chi connectivity index (χ1n) is 17.2. The zero-order chi connectivity index (χ0) is 33.5. The van der Waals surface area contributed by atoms with Gasteiger partial charge in [-0.1, -0.05) is 91.0 Å². The molecule has 0 unspecified atom stereocenters. The average molecular weight is 674 g/mol. The molecule has 0 atom stereocenters. The number of furan rings is 2. The summed E-state index contributed by atoms with van der Waals surface area (Å²) in [5, 5.41) is 5.59. The van der Waals surface area contributed by atoms with E-state index in [4.69, 9.17) is 23.8 Å². The number of aromatic nitrogens is 3. The topological polar surface area (TPSA) is 65.0 Å². The van der Waals surface area contributed by atoms with Gasteiger partial charge in [-0.25, -0.2) is 15.0 Å². The molecular formula is C45H27N3O2S. The lowest BCUT2D eigenvalue weighted by atomic mass is 9.94. The van der Waals surface area contributed by atoms with E-state index in [2.05, 4.69) is 97.1 Å². The van der Waals surface area contributed by atoms with Crippen molar-refractivity contribution in [2.24, 2.45) is 0 Å². The van der Waals surface area contributed by atoms with E-state index >= 15 is 0 Å². The normalized spacial score (nSPS) is 12.9. The van der Waals surface area contributed by atoms with Crippen molar-refractivity contribution >= 4 is 70.5 Å². The van der Waals surface area contributed by atoms with E-state index < -0.39 is 0 Å². The number of benzene rings is 6. The second-order valence-corrected chi connectivity index (χ2v) is 14.1. The van der Waals surface area contributed by atoms with Crippen LogP contribution in [0.5, 0.6) is 0 Å². The first kappa shape index (κ1) is 28.5. The molecule has 0 bridgehead atoms. The number of nitrogens with zero attached hydrogens (tertiary/aromatic N) is 3. The maximum Gasteiger partial charge on any atom is 0.164 e. The summed E-state index contributed by atoms with van der Waals surface area (Å²) in [6.07, 6.45) is 6.37. The van der Waals surface area contributed by atoms with Crippen LogP contribution in [-0.4, -0.2) is 15.0 Å². The van der Waals surface area contributed by atoms with Crippen LogP contribution in [0.4, 0.5) is 0 Å². The van der Waals surface area contributed by atoms with E-state index in [-0.39, 0.29) is 0 Å². The molecule has 4 heterocycles. The number of rotatable bonds is 4. The van der Waals surface area contributed by atoms with Crippen molar-refractivity contribution in [1.82, 2.24) is 15.0 Å². The van der Waals surface area contributed by atoms with Gasteiger partial charge in [0.1, 0.15) is 22.5 Å². The van der Waals surface area contributed by atoms with Crippen LogP contribution in [0, 0.1) is 0 Å². The fourth-order valence-electron chi connectivity index (χ4n) is 7.63. The summed E-state index contributed by atoms with van der Waals surface area (Å²) in [5.74, 6) is 2.92. The second kappa shape index (κ2) is 11.1. The largest absolute Gasteiger partial charge is 0.460 e. The maximum absolute atomic E-state index is 6.48. The zero-order valence-corrected chi connectivity index (χ0v) is 28.1. The van der Waals surface area contributed by atoms with Crippen LogP contribution < -0.4 is 0 Å². The number of fused-ring (bicyclic) bond motifs is 9. The molecule has 0 fully saturated rings. The minimum Gasteiger partial charge on any atom is -0.460 e. The van der Waals surface area contributed by atoms with E-state index in [1.807, 2.05) is 42.5 Å². The van der Waals surface area contributed by atoms with Gasteiger partial charge in [0.25, 0.3) is 0 Å². The summed E-state index contributed by atoms with van der Waals surface area (Å²) >= 11 is 1.80. The van der Waals surface area contributed by atoms with Gasteiger partial charge in [0.05, 0.1) is 0 Å². The van der Waals surface area contributed by atoms with Crippen LogP contribution in [0.2, 0.25) is 0 Å². The minimum atomic E-state index is 0.601. The summed E-state index contributed by atoms with van der Waals surface area (Å²) in [6, 6.07) is 44.1. The van der Waals surface area contributed by atoms with Crippen molar-refractivity contribution in [3.63, 3.8) is 0 Å². The summed E-state index contributed by atoms with van der Waals surface area (Å²) in [5.41, 5.74) is 8.73.